The molecule has 1 aromatic carbocycles. The van der Waals surface area contributed by atoms with Crippen LogP contribution in [-0.4, -0.2) is 26.2 Å². The van der Waals surface area contributed by atoms with Gasteiger partial charge in [0.25, 0.3) is 0 Å². The van der Waals surface area contributed by atoms with Crippen molar-refractivity contribution in [1.82, 2.24) is 19.6 Å². The molecule has 0 aliphatic carbocycles. The average molecular weight is 766 g/mol. The van der Waals surface area contributed by atoms with Gasteiger partial charge in [0.05, 0.1) is 18.7 Å². The number of unbranched alkanes of at least 4 members (excludes halogenated alkanes) is 9. The van der Waals surface area contributed by atoms with Gasteiger partial charge in [0.2, 0.25) is 6.33 Å². The SMILES string of the molecule is CC(C)n1c[n+](C(C)C)c2cc(OCCCCCCCCCCCCn3cc([C]45[CH]6[CH]7[CH]8[CH]4[Fe]786549%10%11[CH]5[CH]4[CH]9[CH]%10[CH]5%11)nn3)ccc21.[I-]. The molecule has 13 rings (SSSR count). The van der Waals surface area contributed by atoms with E-state index in [9.17, 15) is 0 Å². The van der Waals surface area contributed by atoms with Crippen LogP contribution in [0, 0.1) is 0 Å². The number of nitrogens with zero attached hydrogens (tertiary/aromatic N) is 5. The maximum atomic E-state index is 6.17. The molecule has 4 unspecified atom stereocenters. The maximum absolute atomic E-state index is 6.17. The summed E-state index contributed by atoms with van der Waals surface area (Å²) in [5.74, 6) is 1.00. The number of ether oxygens (including phenoxy) is 1. The van der Waals surface area contributed by atoms with Gasteiger partial charge in [-0.1, -0.05) is 12.8 Å². The molecule has 0 N–H and O–H groups in total. The van der Waals surface area contributed by atoms with Crippen LogP contribution in [0.15, 0.2) is 30.7 Å². The van der Waals surface area contributed by atoms with Crippen LogP contribution in [0.4, 0.5) is 0 Å². The van der Waals surface area contributed by atoms with Gasteiger partial charge in [-0.15, -0.1) is 0 Å². The largest absolute Gasteiger partial charge is 1.00 e. The third kappa shape index (κ3) is 0.942. The van der Waals surface area contributed by atoms with E-state index in [2.05, 4.69) is 72.2 Å². The number of halogens is 1. The van der Waals surface area contributed by atoms with Gasteiger partial charge >= 0.3 is 133 Å². The monoisotopic (exact) mass is 765 g/mol. The van der Waals surface area contributed by atoms with Crippen molar-refractivity contribution < 1.29 is 39.8 Å². The maximum Gasteiger partial charge on any atom is 0.174 e. The van der Waals surface area contributed by atoms with Crippen molar-refractivity contribution >= 4 is 11.0 Å². The number of fused-ring (bicyclic) bond motifs is 11. The van der Waals surface area contributed by atoms with Crippen LogP contribution in [0.25, 0.3) is 11.0 Å². The van der Waals surface area contributed by atoms with Crippen molar-refractivity contribution in [2.75, 3.05) is 6.61 Å². The Morgan fingerprint density at radius 2 is 1.42 bits per heavy atom. The summed E-state index contributed by atoms with van der Waals surface area (Å²) < 4.78 is 13.9. The van der Waals surface area contributed by atoms with Crippen LogP contribution in [-0.2, 0) is 17.4 Å². The van der Waals surface area contributed by atoms with E-state index in [1.165, 1.54) is 112 Å². The summed E-state index contributed by atoms with van der Waals surface area (Å²) in [7, 11) is 0. The zero-order valence-corrected chi connectivity index (χ0v) is 30.9. The summed E-state index contributed by atoms with van der Waals surface area (Å²) >= 11 is 0. The number of aryl methyl sites for hydroxylation is 1. The predicted octanol–water partition coefficient (Wildman–Crippen LogP) is 6.46. The molecule has 12 heterocycles. The van der Waals surface area contributed by atoms with Crippen molar-refractivity contribution in [3.63, 3.8) is 0 Å². The minimum Gasteiger partial charge on any atom is -1.00 e. The van der Waals surface area contributed by atoms with Gasteiger partial charge in [0.1, 0.15) is 5.75 Å². The van der Waals surface area contributed by atoms with Gasteiger partial charge in [0.15, 0.2) is 11.0 Å². The third-order valence-corrected chi connectivity index (χ3v) is 63.9. The molecular formula is C37H52FeIN5O. The smallest absolute Gasteiger partial charge is 0.174 e. The second-order valence-electron chi connectivity index (χ2n) is 19.7. The summed E-state index contributed by atoms with van der Waals surface area (Å²) in [6, 6.07) is 7.49. The number of aromatic nitrogens is 5. The predicted molar refractivity (Wildman–Crippen MR) is 170 cm³/mol. The quantitative estimate of drug-likeness (QED) is 0.0687. The Labute approximate surface area is 275 Å². The molecule has 246 valence electrons. The van der Waals surface area contributed by atoms with E-state index in [0.29, 0.717) is 12.1 Å². The van der Waals surface area contributed by atoms with Crippen LogP contribution in [0.2, 0.25) is 43.3 Å². The molecule has 4 atom stereocenters. The number of benzene rings is 1. The average Bonchev–Trinajstić information content (AvgIpc) is 3.83. The first-order valence-corrected chi connectivity index (χ1v) is 24.8. The first-order chi connectivity index (χ1) is 21.2. The van der Waals surface area contributed by atoms with E-state index in [1.807, 2.05) is 0 Å². The fourth-order valence-electron chi connectivity index (χ4n) is 21.6. The minimum atomic E-state index is -3.07. The molecule has 10 saturated heterocycles. The topological polar surface area (TPSA) is 48.8 Å². The first kappa shape index (κ1) is 26.8. The summed E-state index contributed by atoms with van der Waals surface area (Å²) in [4.78, 5) is 12.3. The van der Waals surface area contributed by atoms with E-state index in [-0.39, 0.29) is 24.0 Å². The van der Waals surface area contributed by atoms with Crippen molar-refractivity contribution in [2.45, 2.75) is 158 Å². The van der Waals surface area contributed by atoms with Gasteiger partial charge < -0.3 is 28.7 Å². The Balaban J connectivity index is 0.00000241. The van der Waals surface area contributed by atoms with Crippen molar-refractivity contribution in [3.8, 4) is 5.75 Å². The summed E-state index contributed by atoms with van der Waals surface area (Å²) in [6.45, 7) is 7.84. The van der Waals surface area contributed by atoms with Crippen molar-refractivity contribution in [2.24, 2.45) is 0 Å². The Bertz CT molecular complexity index is 2060. The van der Waals surface area contributed by atoms with E-state index < -0.39 is 6.51 Å². The van der Waals surface area contributed by atoms with Crippen LogP contribution in [0.3, 0.4) is 0 Å². The van der Waals surface area contributed by atoms with E-state index >= 15 is 0 Å². The summed E-state index contributed by atoms with van der Waals surface area (Å²) in [6.07, 6.45) is 18.0. The fraction of sp³-hybridized carbons (Fsp3) is 0.757. The Morgan fingerprint density at radius 1 is 0.822 bits per heavy atom. The molecule has 1 spiro atoms. The molecule has 8 heteroatoms. The van der Waals surface area contributed by atoms with Gasteiger partial charge in [-0.05, 0) is 46.2 Å². The molecule has 2 aromatic heterocycles. The molecular weight excluding hydrogens is 713 g/mol. The Kier molecular flexibility index (Phi) is 2.92. The fourth-order valence-corrected chi connectivity index (χ4v) is 95.5. The van der Waals surface area contributed by atoms with E-state index in [0.717, 1.165) is 29.6 Å². The molecule has 0 saturated carbocycles. The zero-order chi connectivity index (χ0) is 29.4. The molecule has 0 bridgehead atoms. The number of hydrogen-bond acceptors (Lipinski definition) is 3. The van der Waals surface area contributed by atoms with Crippen LogP contribution < -0.4 is 33.3 Å². The van der Waals surface area contributed by atoms with Crippen LogP contribution in [0.5, 0.6) is 5.75 Å². The molecule has 10 aliphatic heterocycles. The van der Waals surface area contributed by atoms with E-state index in [1.54, 1.807) is 5.69 Å². The molecule has 0 amide bonds. The third-order valence-electron chi connectivity index (χ3n) is 21.5. The molecule has 45 heavy (non-hydrogen) atoms. The second kappa shape index (κ2) is 4.90. The first-order valence-electron chi connectivity index (χ1n) is 18.5. The van der Waals surface area contributed by atoms with Crippen molar-refractivity contribution in [3.05, 3.63) is 36.4 Å². The number of rotatable bonds is 17. The zero-order valence-electron chi connectivity index (χ0n) is 27.6. The molecule has 3 aromatic rings. The molecule has 10 fully saturated rings. The van der Waals surface area contributed by atoms with Gasteiger partial charge in [0, 0.05) is 6.07 Å². The second-order valence-corrected chi connectivity index (χ2v) is 43.3. The number of imidazole rings is 1. The normalized spacial score (nSPS) is 52.5. The van der Waals surface area contributed by atoms with Crippen LogP contribution in [0.1, 0.15) is 110 Å². The van der Waals surface area contributed by atoms with E-state index in [4.69, 9.17) is 15.0 Å². The van der Waals surface area contributed by atoms with Gasteiger partial charge in [-0.2, -0.15) is 0 Å². The minimum absolute atomic E-state index is 0. The van der Waals surface area contributed by atoms with Crippen LogP contribution >= 0.6 is 0 Å². The standard InChI is InChI=1S/C32H47N5O.C5H5.Fe.HI/c1-26(2)36-25-37(27(3)4)32-23-29(19-20-31(32)36)38-22-16-12-10-8-6-5-7-9-11-15-21-35-24-30(33-34-35)28-17-13-14-18-28;1-2-4-5-3-1;;/h13-14,17-20,23-27H,5-12,15-16,21-22H2,1-4H3;1-5H;;1H/q+1;;;/p-1. The summed E-state index contributed by atoms with van der Waals surface area (Å²) in [5, 5.41) is 9.68. The molecule has 0 radical (unpaired) electrons. The molecule has 10 aliphatic rings. The van der Waals surface area contributed by atoms with Crippen molar-refractivity contribution in [1.29, 1.82) is 0 Å². The molecule has 6 nitrogen and oxygen atoms in total. The Hall–Kier alpha value is -1.12. The summed E-state index contributed by atoms with van der Waals surface area (Å²) in [5.41, 5.74) is 4.12. The number of hydrogen-bond donors (Lipinski definition) is 0. The Morgan fingerprint density at radius 3 is 1.96 bits per heavy atom. The van der Waals surface area contributed by atoms with Gasteiger partial charge in [-0.3, -0.25) is 0 Å². The van der Waals surface area contributed by atoms with Gasteiger partial charge in [-0.25, -0.2) is 9.13 Å².